The van der Waals surface area contributed by atoms with Crippen LogP contribution in [0, 0.1) is 0 Å². The van der Waals surface area contributed by atoms with Crippen molar-refractivity contribution in [2.75, 3.05) is 18.4 Å². The third kappa shape index (κ3) is 6.16. The molecule has 0 unspecified atom stereocenters. The molecular formula is C29H36N6O4. The number of amides is 1. The first kappa shape index (κ1) is 26.5. The van der Waals surface area contributed by atoms with E-state index < -0.39 is 5.60 Å². The summed E-state index contributed by atoms with van der Waals surface area (Å²) < 4.78 is 13.5. The third-order valence-electron chi connectivity index (χ3n) is 6.41. The fourth-order valence-electron chi connectivity index (χ4n) is 4.60. The Labute approximate surface area is 228 Å². The van der Waals surface area contributed by atoms with Crippen molar-refractivity contribution in [3.63, 3.8) is 0 Å². The minimum Gasteiger partial charge on any atom is -0.508 e. The quantitative estimate of drug-likeness (QED) is 0.317. The number of carbonyl (C=O) groups excluding carboxylic acids is 1. The highest BCUT2D eigenvalue weighted by atomic mass is 16.6. The number of aromatic hydroxyl groups is 1. The number of phenols is 1. The van der Waals surface area contributed by atoms with E-state index in [4.69, 9.17) is 14.1 Å². The van der Waals surface area contributed by atoms with E-state index in [2.05, 4.69) is 36.2 Å². The molecule has 3 aromatic heterocycles. The van der Waals surface area contributed by atoms with E-state index >= 15 is 0 Å². The van der Waals surface area contributed by atoms with Gasteiger partial charge in [0.15, 0.2) is 5.58 Å². The number of hydrogen-bond acceptors (Lipinski definition) is 8. The van der Waals surface area contributed by atoms with Gasteiger partial charge in [0.2, 0.25) is 5.89 Å². The summed E-state index contributed by atoms with van der Waals surface area (Å²) in [4.78, 5) is 23.5. The number of oxazole rings is 1. The van der Waals surface area contributed by atoms with Crippen LogP contribution in [0.1, 0.15) is 60.4 Å². The van der Waals surface area contributed by atoms with Crippen LogP contribution in [0.25, 0.3) is 33.7 Å². The molecule has 1 aliphatic rings. The summed E-state index contributed by atoms with van der Waals surface area (Å²) in [6.45, 7) is 13.1. The molecule has 4 heterocycles. The summed E-state index contributed by atoms with van der Waals surface area (Å²) in [6.07, 6.45) is 7.01. The Balaban J connectivity index is 1.39. The second kappa shape index (κ2) is 9.91. The molecular weight excluding hydrogens is 496 g/mol. The lowest BCUT2D eigenvalue weighted by Crippen LogP contribution is -2.42. The van der Waals surface area contributed by atoms with Gasteiger partial charge in [-0.3, -0.25) is 4.68 Å². The molecule has 0 spiro atoms. The number of benzene rings is 1. The zero-order valence-electron chi connectivity index (χ0n) is 23.4. The molecule has 206 valence electrons. The molecule has 2 N–H and O–H groups in total. The zero-order valence-corrected chi connectivity index (χ0v) is 23.4. The molecule has 1 amide bonds. The highest BCUT2D eigenvalue weighted by Crippen LogP contribution is 2.35. The number of likely N-dealkylation sites (tertiary alicyclic amines) is 1. The molecule has 0 saturated carbocycles. The number of rotatable bonds is 4. The Bertz CT molecular complexity index is 1490. The molecule has 1 saturated heterocycles. The van der Waals surface area contributed by atoms with Crippen molar-refractivity contribution in [3.8, 4) is 28.3 Å². The number of carbonyl (C=O) groups is 1. The topological polar surface area (TPSA) is 119 Å². The van der Waals surface area contributed by atoms with Crippen molar-refractivity contribution >= 4 is 23.0 Å². The smallest absolute Gasteiger partial charge is 0.410 e. The molecule has 0 aliphatic carbocycles. The van der Waals surface area contributed by atoms with Gasteiger partial charge in [-0.2, -0.15) is 5.10 Å². The number of nitrogens with one attached hydrogen (secondary N) is 1. The van der Waals surface area contributed by atoms with Gasteiger partial charge in [-0.05, 0) is 72.6 Å². The molecule has 0 radical (unpaired) electrons. The fourth-order valence-corrected chi connectivity index (χ4v) is 4.60. The molecule has 0 atom stereocenters. The van der Waals surface area contributed by atoms with E-state index in [9.17, 15) is 9.90 Å². The molecule has 1 aliphatic heterocycles. The summed E-state index contributed by atoms with van der Waals surface area (Å²) in [7, 11) is 0. The Hall–Kier alpha value is -4.08. The molecule has 4 aromatic rings. The van der Waals surface area contributed by atoms with Crippen LogP contribution >= 0.6 is 0 Å². The first-order valence-corrected chi connectivity index (χ1v) is 13.3. The van der Waals surface area contributed by atoms with Crippen LogP contribution < -0.4 is 5.32 Å². The Kier molecular flexibility index (Phi) is 6.74. The SMILES string of the molecule is CC(C)(C)Nc1ncc(-c2cnn(C3CCN(C(=O)OC(C)(C)C)CC3)c2)cc1-c1nc2cc(O)ccc2o1. The summed E-state index contributed by atoms with van der Waals surface area (Å²) in [5.41, 5.74) is 2.95. The third-order valence-corrected chi connectivity index (χ3v) is 6.41. The highest BCUT2D eigenvalue weighted by Gasteiger charge is 2.28. The van der Waals surface area contributed by atoms with E-state index in [-0.39, 0.29) is 23.4 Å². The minimum absolute atomic E-state index is 0.131. The van der Waals surface area contributed by atoms with Gasteiger partial charge in [-0.25, -0.2) is 14.8 Å². The number of piperidine rings is 1. The van der Waals surface area contributed by atoms with Gasteiger partial charge in [0.05, 0.1) is 17.8 Å². The van der Waals surface area contributed by atoms with Crippen LogP contribution in [0.4, 0.5) is 10.6 Å². The maximum absolute atomic E-state index is 12.4. The molecule has 10 heteroatoms. The highest BCUT2D eigenvalue weighted by molar-refractivity contribution is 5.82. The van der Waals surface area contributed by atoms with E-state index in [0.717, 1.165) is 29.5 Å². The van der Waals surface area contributed by atoms with Crippen molar-refractivity contribution in [3.05, 3.63) is 42.9 Å². The lowest BCUT2D eigenvalue weighted by Gasteiger charge is -2.33. The largest absolute Gasteiger partial charge is 0.508 e. The number of aromatic nitrogens is 4. The number of hydrogen-bond donors (Lipinski definition) is 2. The van der Waals surface area contributed by atoms with Gasteiger partial charge >= 0.3 is 6.09 Å². The Morgan fingerprint density at radius 3 is 2.51 bits per heavy atom. The van der Waals surface area contributed by atoms with Crippen molar-refractivity contribution in [1.82, 2.24) is 24.6 Å². The Morgan fingerprint density at radius 2 is 1.82 bits per heavy atom. The number of fused-ring (bicyclic) bond motifs is 1. The molecule has 5 rings (SSSR count). The van der Waals surface area contributed by atoms with Gasteiger partial charge in [0.1, 0.15) is 22.7 Å². The second-order valence-corrected chi connectivity index (χ2v) is 12.1. The zero-order chi connectivity index (χ0) is 27.9. The number of pyridine rings is 1. The fraction of sp³-hybridized carbons (Fsp3) is 0.448. The van der Waals surface area contributed by atoms with E-state index in [0.29, 0.717) is 35.9 Å². The van der Waals surface area contributed by atoms with Crippen LogP contribution in [0.5, 0.6) is 5.75 Å². The van der Waals surface area contributed by atoms with E-state index in [1.165, 1.54) is 0 Å². The lowest BCUT2D eigenvalue weighted by molar-refractivity contribution is 0.0185. The van der Waals surface area contributed by atoms with Crippen molar-refractivity contribution < 1.29 is 19.1 Å². The van der Waals surface area contributed by atoms with Gasteiger partial charge < -0.3 is 24.5 Å². The van der Waals surface area contributed by atoms with Crippen LogP contribution in [-0.2, 0) is 4.74 Å². The summed E-state index contributed by atoms with van der Waals surface area (Å²) in [6, 6.07) is 7.05. The summed E-state index contributed by atoms with van der Waals surface area (Å²) >= 11 is 0. The number of nitrogens with zero attached hydrogens (tertiary/aromatic N) is 5. The van der Waals surface area contributed by atoms with E-state index in [1.54, 1.807) is 23.1 Å². The molecule has 1 aromatic carbocycles. The summed E-state index contributed by atoms with van der Waals surface area (Å²) in [5.74, 6) is 1.20. The first-order chi connectivity index (χ1) is 18.3. The predicted molar refractivity (Wildman–Crippen MR) is 150 cm³/mol. The van der Waals surface area contributed by atoms with Gasteiger partial charge in [-0.1, -0.05) is 0 Å². The van der Waals surface area contributed by atoms with Crippen molar-refractivity contribution in [1.29, 1.82) is 0 Å². The lowest BCUT2D eigenvalue weighted by atomic mass is 10.0. The molecule has 0 bridgehead atoms. The molecule has 10 nitrogen and oxygen atoms in total. The average molecular weight is 533 g/mol. The Morgan fingerprint density at radius 1 is 1.08 bits per heavy atom. The maximum Gasteiger partial charge on any atom is 0.410 e. The van der Waals surface area contributed by atoms with Crippen LogP contribution in [0.2, 0.25) is 0 Å². The van der Waals surface area contributed by atoms with E-state index in [1.807, 2.05) is 50.1 Å². The monoisotopic (exact) mass is 532 g/mol. The number of anilines is 1. The van der Waals surface area contributed by atoms with Gasteiger partial charge in [0, 0.05) is 48.2 Å². The van der Waals surface area contributed by atoms with Crippen molar-refractivity contribution in [2.45, 2.75) is 71.6 Å². The normalized spacial score (nSPS) is 15.1. The van der Waals surface area contributed by atoms with Gasteiger partial charge in [0.25, 0.3) is 0 Å². The summed E-state index contributed by atoms with van der Waals surface area (Å²) in [5, 5.41) is 18.0. The predicted octanol–water partition coefficient (Wildman–Crippen LogP) is 6.24. The van der Waals surface area contributed by atoms with Crippen LogP contribution in [0.15, 0.2) is 47.3 Å². The van der Waals surface area contributed by atoms with Gasteiger partial charge in [-0.15, -0.1) is 0 Å². The molecule has 39 heavy (non-hydrogen) atoms. The average Bonchev–Trinajstić information content (AvgIpc) is 3.50. The maximum atomic E-state index is 12.4. The second-order valence-electron chi connectivity index (χ2n) is 12.1. The number of phenolic OH excluding ortho intramolecular Hbond substituents is 1. The number of ether oxygens (including phenoxy) is 1. The standard InChI is InChI=1S/C29H36N6O4/c1-28(2,3)33-25-22(26-32-23-14-21(36)7-8-24(23)38-26)13-18(15-30-25)19-16-31-35(17-19)20-9-11-34(12-10-20)27(37)39-29(4,5)6/h7-8,13-17,20,36H,9-12H2,1-6H3,(H,30,33). The van der Waals surface area contributed by atoms with Crippen molar-refractivity contribution in [2.24, 2.45) is 0 Å². The van der Waals surface area contributed by atoms with Crippen LogP contribution in [-0.4, -0.2) is 60.1 Å². The first-order valence-electron chi connectivity index (χ1n) is 13.3. The molecule has 1 fully saturated rings. The minimum atomic E-state index is -0.505. The van der Waals surface area contributed by atoms with Crippen LogP contribution in [0.3, 0.4) is 0 Å².